The predicted octanol–water partition coefficient (Wildman–Crippen LogP) is 3.80. The van der Waals surface area contributed by atoms with Crippen LogP contribution in [0.1, 0.15) is 52.0 Å². The Morgan fingerprint density at radius 3 is 2.59 bits per heavy atom. The van der Waals surface area contributed by atoms with Crippen LogP contribution < -0.4 is 5.32 Å². The second-order valence-corrected chi connectivity index (χ2v) is 8.49. The Morgan fingerprint density at radius 2 is 1.81 bits per heavy atom. The number of nitrogens with zero attached hydrogens (tertiary/aromatic N) is 1. The minimum absolute atomic E-state index is 0.00847. The van der Waals surface area contributed by atoms with Gasteiger partial charge in [-0.2, -0.15) is 0 Å². The number of rotatable bonds is 4. The SMILES string of the molecule is O=C(NCc1ccccc1)C1CCN(C(=O)c2csc3c2CCCC3)CC1. The van der Waals surface area contributed by atoms with E-state index < -0.39 is 0 Å². The van der Waals surface area contributed by atoms with Gasteiger partial charge in [0.1, 0.15) is 0 Å². The van der Waals surface area contributed by atoms with Crippen molar-refractivity contribution >= 4 is 23.2 Å². The summed E-state index contributed by atoms with van der Waals surface area (Å²) in [4.78, 5) is 28.8. The maximum atomic E-state index is 13.0. The molecule has 27 heavy (non-hydrogen) atoms. The van der Waals surface area contributed by atoms with Crippen LogP contribution in [0.3, 0.4) is 0 Å². The first kappa shape index (κ1) is 18.2. The summed E-state index contributed by atoms with van der Waals surface area (Å²) < 4.78 is 0. The molecule has 1 aromatic carbocycles. The minimum atomic E-state index is 0.00847. The maximum Gasteiger partial charge on any atom is 0.254 e. The lowest BCUT2D eigenvalue weighted by molar-refractivity contribution is -0.126. The number of benzene rings is 1. The molecule has 1 aliphatic heterocycles. The van der Waals surface area contributed by atoms with E-state index in [2.05, 4.69) is 10.7 Å². The van der Waals surface area contributed by atoms with Crippen molar-refractivity contribution in [2.75, 3.05) is 13.1 Å². The third-order valence-corrected chi connectivity index (χ3v) is 6.84. The summed E-state index contributed by atoms with van der Waals surface area (Å²) in [7, 11) is 0. The van der Waals surface area contributed by atoms with Crippen molar-refractivity contribution in [3.63, 3.8) is 0 Å². The predicted molar refractivity (Wildman–Crippen MR) is 108 cm³/mol. The zero-order valence-electron chi connectivity index (χ0n) is 15.6. The standard InChI is InChI=1S/C22H26N2O2S/c25-21(23-14-16-6-2-1-3-7-16)17-10-12-24(13-11-17)22(26)19-15-27-20-9-5-4-8-18(19)20/h1-3,6-7,15,17H,4-5,8-14H2,(H,23,25). The van der Waals surface area contributed by atoms with E-state index >= 15 is 0 Å². The molecule has 0 saturated carbocycles. The third-order valence-electron chi connectivity index (χ3n) is 5.75. The van der Waals surface area contributed by atoms with E-state index in [9.17, 15) is 9.59 Å². The lowest BCUT2D eigenvalue weighted by atomic mass is 9.93. The van der Waals surface area contributed by atoms with Crippen LogP contribution in [0.5, 0.6) is 0 Å². The number of nitrogens with one attached hydrogen (secondary N) is 1. The van der Waals surface area contributed by atoms with Gasteiger partial charge in [-0.25, -0.2) is 0 Å². The van der Waals surface area contributed by atoms with Crippen LogP contribution in [0, 0.1) is 5.92 Å². The number of fused-ring (bicyclic) bond motifs is 1. The van der Waals surface area contributed by atoms with Gasteiger partial charge in [-0.05, 0) is 49.7 Å². The summed E-state index contributed by atoms with van der Waals surface area (Å²) in [5.41, 5.74) is 3.32. The number of hydrogen-bond donors (Lipinski definition) is 1. The Balaban J connectivity index is 1.30. The highest BCUT2D eigenvalue weighted by Gasteiger charge is 2.30. The van der Waals surface area contributed by atoms with Crippen molar-refractivity contribution in [3.8, 4) is 0 Å². The highest BCUT2D eigenvalue weighted by atomic mass is 32.1. The summed E-state index contributed by atoms with van der Waals surface area (Å²) in [6.45, 7) is 1.92. The molecule has 0 bridgehead atoms. The van der Waals surface area contributed by atoms with Crippen molar-refractivity contribution in [1.82, 2.24) is 10.2 Å². The number of hydrogen-bond acceptors (Lipinski definition) is 3. The van der Waals surface area contributed by atoms with Gasteiger partial charge in [0, 0.05) is 35.8 Å². The van der Waals surface area contributed by atoms with Gasteiger partial charge in [0.25, 0.3) is 5.91 Å². The lowest BCUT2D eigenvalue weighted by Crippen LogP contribution is -2.43. The maximum absolute atomic E-state index is 13.0. The third kappa shape index (κ3) is 4.08. The molecule has 4 nitrogen and oxygen atoms in total. The van der Waals surface area contributed by atoms with Gasteiger partial charge >= 0.3 is 0 Å². The Hall–Kier alpha value is -2.14. The Bertz CT molecular complexity index is 807. The summed E-state index contributed by atoms with van der Waals surface area (Å²) >= 11 is 1.74. The molecular weight excluding hydrogens is 356 g/mol. The number of likely N-dealkylation sites (tertiary alicyclic amines) is 1. The van der Waals surface area contributed by atoms with E-state index in [-0.39, 0.29) is 17.7 Å². The van der Waals surface area contributed by atoms with Crippen LogP contribution in [-0.4, -0.2) is 29.8 Å². The fourth-order valence-electron chi connectivity index (χ4n) is 4.12. The molecule has 0 radical (unpaired) electrons. The summed E-state index contributed by atoms with van der Waals surface area (Å²) in [5.74, 6) is 0.283. The molecule has 1 aliphatic carbocycles. The largest absolute Gasteiger partial charge is 0.352 e. The monoisotopic (exact) mass is 382 g/mol. The molecule has 2 amide bonds. The first-order chi connectivity index (χ1) is 13.2. The van der Waals surface area contributed by atoms with Gasteiger partial charge in [0.2, 0.25) is 5.91 Å². The van der Waals surface area contributed by atoms with E-state index in [4.69, 9.17) is 0 Å². The van der Waals surface area contributed by atoms with Gasteiger partial charge in [-0.1, -0.05) is 30.3 Å². The first-order valence-electron chi connectivity index (χ1n) is 9.92. The highest BCUT2D eigenvalue weighted by molar-refractivity contribution is 7.10. The average molecular weight is 383 g/mol. The fourth-order valence-corrected chi connectivity index (χ4v) is 5.24. The average Bonchev–Trinajstić information content (AvgIpc) is 3.16. The van der Waals surface area contributed by atoms with E-state index in [1.165, 1.54) is 23.3 Å². The molecule has 1 fully saturated rings. The summed E-state index contributed by atoms with van der Waals surface area (Å²) in [6.07, 6.45) is 6.09. The quantitative estimate of drug-likeness (QED) is 0.874. The highest BCUT2D eigenvalue weighted by Crippen LogP contribution is 2.31. The molecule has 2 aliphatic rings. The molecule has 2 heterocycles. The number of aryl methyl sites for hydroxylation is 1. The van der Waals surface area contributed by atoms with Gasteiger partial charge < -0.3 is 10.2 Å². The van der Waals surface area contributed by atoms with Crippen molar-refractivity contribution in [1.29, 1.82) is 0 Å². The molecule has 2 aromatic rings. The fraction of sp³-hybridized carbons (Fsp3) is 0.455. The molecule has 1 aromatic heterocycles. The Morgan fingerprint density at radius 1 is 1.07 bits per heavy atom. The molecule has 1 N–H and O–H groups in total. The molecule has 0 unspecified atom stereocenters. The van der Waals surface area contributed by atoms with Gasteiger partial charge in [0.05, 0.1) is 5.56 Å². The van der Waals surface area contributed by atoms with Crippen LogP contribution in [-0.2, 0) is 24.2 Å². The van der Waals surface area contributed by atoms with Crippen molar-refractivity contribution in [2.24, 2.45) is 5.92 Å². The molecular formula is C22H26N2O2S. The zero-order chi connectivity index (χ0) is 18.6. The smallest absolute Gasteiger partial charge is 0.254 e. The van der Waals surface area contributed by atoms with Gasteiger partial charge in [-0.3, -0.25) is 9.59 Å². The van der Waals surface area contributed by atoms with Crippen molar-refractivity contribution < 1.29 is 9.59 Å². The normalized spacial score (nSPS) is 17.4. The van der Waals surface area contributed by atoms with Gasteiger partial charge in [0.15, 0.2) is 0 Å². The van der Waals surface area contributed by atoms with E-state index in [1.54, 1.807) is 11.3 Å². The molecule has 0 spiro atoms. The molecule has 5 heteroatoms. The lowest BCUT2D eigenvalue weighted by Gasteiger charge is -2.31. The second kappa shape index (κ2) is 8.26. The van der Waals surface area contributed by atoms with Crippen LogP contribution in [0.25, 0.3) is 0 Å². The van der Waals surface area contributed by atoms with E-state index in [1.807, 2.05) is 35.2 Å². The van der Waals surface area contributed by atoms with Crippen LogP contribution >= 0.6 is 11.3 Å². The number of carbonyl (C=O) groups excluding carboxylic acids is 2. The summed E-state index contributed by atoms with van der Waals surface area (Å²) in [6, 6.07) is 9.97. The Labute approximate surface area is 164 Å². The second-order valence-electron chi connectivity index (χ2n) is 7.53. The number of amides is 2. The topological polar surface area (TPSA) is 49.4 Å². The molecule has 4 rings (SSSR count). The molecule has 142 valence electrons. The Kier molecular flexibility index (Phi) is 5.58. The first-order valence-corrected chi connectivity index (χ1v) is 10.8. The molecule has 0 atom stereocenters. The minimum Gasteiger partial charge on any atom is -0.352 e. The number of piperidine rings is 1. The van der Waals surface area contributed by atoms with E-state index in [0.29, 0.717) is 19.6 Å². The van der Waals surface area contributed by atoms with Crippen LogP contribution in [0.15, 0.2) is 35.7 Å². The van der Waals surface area contributed by atoms with E-state index in [0.717, 1.165) is 36.8 Å². The zero-order valence-corrected chi connectivity index (χ0v) is 16.4. The van der Waals surface area contributed by atoms with Crippen LogP contribution in [0.2, 0.25) is 0 Å². The van der Waals surface area contributed by atoms with Crippen molar-refractivity contribution in [2.45, 2.75) is 45.1 Å². The number of carbonyl (C=O) groups is 2. The summed E-state index contributed by atoms with van der Waals surface area (Å²) in [5, 5.41) is 5.09. The van der Waals surface area contributed by atoms with Crippen LogP contribution in [0.4, 0.5) is 0 Å². The van der Waals surface area contributed by atoms with Gasteiger partial charge in [-0.15, -0.1) is 11.3 Å². The van der Waals surface area contributed by atoms with Crippen molar-refractivity contribution in [3.05, 3.63) is 57.3 Å². The number of thiophene rings is 1. The molecule has 1 saturated heterocycles.